The first-order valence-corrected chi connectivity index (χ1v) is 15.1. The number of fused-ring (bicyclic) bond motifs is 2. The summed E-state index contributed by atoms with van der Waals surface area (Å²) in [6.45, 7) is -0.0337. The van der Waals surface area contributed by atoms with Gasteiger partial charge in [-0.05, 0) is 6.42 Å². The summed E-state index contributed by atoms with van der Waals surface area (Å²) in [6, 6.07) is 9.33. The number of nitrogens with two attached hydrogens (primary N) is 1. The van der Waals surface area contributed by atoms with Crippen molar-refractivity contribution in [2.75, 3.05) is 18.3 Å². The van der Waals surface area contributed by atoms with Crippen LogP contribution in [0.5, 0.6) is 0 Å². The summed E-state index contributed by atoms with van der Waals surface area (Å²) in [5.41, 5.74) is 7.55. The van der Waals surface area contributed by atoms with E-state index in [2.05, 4.69) is 15.0 Å². The van der Waals surface area contributed by atoms with Crippen LogP contribution >= 0.6 is 18.2 Å². The van der Waals surface area contributed by atoms with Crippen LogP contribution < -0.4 is 5.73 Å². The lowest BCUT2D eigenvalue weighted by Gasteiger charge is -2.30. The van der Waals surface area contributed by atoms with E-state index in [4.69, 9.17) is 24.3 Å². The van der Waals surface area contributed by atoms with Crippen molar-refractivity contribution in [3.8, 4) is 11.4 Å². The van der Waals surface area contributed by atoms with E-state index in [0.29, 0.717) is 23.4 Å². The van der Waals surface area contributed by atoms with E-state index in [9.17, 15) is 14.5 Å². The minimum Gasteiger partial charge on any atom is -0.454 e. The van der Waals surface area contributed by atoms with Gasteiger partial charge in [0.15, 0.2) is 23.2 Å². The van der Waals surface area contributed by atoms with E-state index in [1.54, 1.807) is 11.5 Å². The lowest BCUT2D eigenvalue weighted by Crippen LogP contribution is -2.38. The van der Waals surface area contributed by atoms with Crippen LogP contribution in [0.1, 0.15) is 32.9 Å². The Labute approximate surface area is 217 Å². The molecule has 6 atom stereocenters. The summed E-state index contributed by atoms with van der Waals surface area (Å²) < 4.78 is 37.5. The molecule has 0 spiro atoms. The maximum absolute atomic E-state index is 13.2. The molecule has 198 valence electrons. The summed E-state index contributed by atoms with van der Waals surface area (Å²) in [5, 5.41) is 11.3. The number of carbonyl (C=O) groups is 1. The van der Waals surface area contributed by atoms with Gasteiger partial charge >= 0.3 is 12.8 Å². The third kappa shape index (κ3) is 5.12. The SMILES string of the molecule is CCCC(C)C(=O)OCS[P@@]1(=O)OCC2O[C@@H](n3c(-c4ccccc4)nc4c(N)ncnc43)[C@@H](O)[C@H]2O1. The fourth-order valence-electron chi connectivity index (χ4n) is 4.41. The van der Waals surface area contributed by atoms with Crippen LogP contribution in [0, 0.1) is 5.92 Å². The Balaban J connectivity index is 1.37. The summed E-state index contributed by atoms with van der Waals surface area (Å²) in [6.07, 6.45) is -0.988. The van der Waals surface area contributed by atoms with Gasteiger partial charge in [-0.25, -0.2) is 19.5 Å². The Hall–Kier alpha value is -2.54. The number of ether oxygens (including phenoxy) is 2. The molecule has 2 unspecified atom stereocenters. The molecule has 0 saturated carbocycles. The van der Waals surface area contributed by atoms with Gasteiger partial charge in [0.25, 0.3) is 0 Å². The van der Waals surface area contributed by atoms with Crippen molar-refractivity contribution >= 4 is 41.1 Å². The molecule has 0 aliphatic carbocycles. The van der Waals surface area contributed by atoms with E-state index < -0.39 is 31.3 Å². The first kappa shape index (κ1) is 26.1. The van der Waals surface area contributed by atoms with Gasteiger partial charge in [-0.1, -0.05) is 50.6 Å². The average molecular weight is 550 g/mol. The van der Waals surface area contributed by atoms with Crippen LogP contribution in [0.15, 0.2) is 36.7 Å². The largest absolute Gasteiger partial charge is 0.454 e. The highest BCUT2D eigenvalue weighted by Crippen LogP contribution is 2.65. The molecule has 3 N–H and O–H groups in total. The predicted octanol–water partition coefficient (Wildman–Crippen LogP) is 3.53. The second kappa shape index (κ2) is 10.7. The number of hydrogen-bond donors (Lipinski definition) is 2. The molecule has 0 radical (unpaired) electrons. The normalized spacial score (nSPS) is 28.2. The van der Waals surface area contributed by atoms with E-state index in [0.717, 1.165) is 23.4 Å². The molecule has 12 nitrogen and oxygen atoms in total. The molecular weight excluding hydrogens is 521 g/mol. The molecule has 2 aromatic heterocycles. The third-order valence-electron chi connectivity index (χ3n) is 6.29. The second-order valence-corrected chi connectivity index (χ2v) is 12.8. The first-order chi connectivity index (χ1) is 17.8. The van der Waals surface area contributed by atoms with Crippen molar-refractivity contribution in [1.29, 1.82) is 0 Å². The number of imidazole rings is 1. The van der Waals surface area contributed by atoms with Gasteiger partial charge in [-0.3, -0.25) is 18.4 Å². The molecule has 0 amide bonds. The maximum atomic E-state index is 13.2. The van der Waals surface area contributed by atoms with Gasteiger partial charge in [-0.15, -0.1) is 0 Å². The third-order valence-corrected chi connectivity index (χ3v) is 9.63. The number of aromatic nitrogens is 4. The minimum absolute atomic E-state index is 0.0763. The smallest absolute Gasteiger partial charge is 0.392 e. The number of rotatable bonds is 8. The van der Waals surface area contributed by atoms with Crippen LogP contribution in [-0.2, 0) is 27.9 Å². The van der Waals surface area contributed by atoms with E-state index in [1.807, 2.05) is 37.3 Å². The second-order valence-electron chi connectivity index (χ2n) is 8.87. The summed E-state index contributed by atoms with van der Waals surface area (Å²) in [7, 11) is 0. The van der Waals surface area contributed by atoms with E-state index in [-0.39, 0.29) is 30.3 Å². The zero-order valence-electron chi connectivity index (χ0n) is 20.3. The molecule has 2 aliphatic heterocycles. The average Bonchev–Trinajstić information content (AvgIpc) is 3.43. The van der Waals surface area contributed by atoms with Crippen molar-refractivity contribution in [2.45, 2.75) is 51.2 Å². The fraction of sp³-hybridized carbons (Fsp3) is 0.478. The topological polar surface area (TPSA) is 161 Å². The van der Waals surface area contributed by atoms with Crippen molar-refractivity contribution in [2.24, 2.45) is 5.92 Å². The van der Waals surface area contributed by atoms with Crippen molar-refractivity contribution < 1.29 is 33.0 Å². The Morgan fingerprint density at radius 1 is 1.35 bits per heavy atom. The number of benzene rings is 1. The Morgan fingerprint density at radius 3 is 2.89 bits per heavy atom. The van der Waals surface area contributed by atoms with Crippen LogP contribution in [0.3, 0.4) is 0 Å². The Bertz CT molecular complexity index is 1330. The van der Waals surface area contributed by atoms with Crippen LogP contribution in [-0.4, -0.2) is 61.5 Å². The number of aliphatic hydroxyl groups excluding tert-OH is 1. The molecule has 2 fully saturated rings. The van der Waals surface area contributed by atoms with E-state index in [1.165, 1.54) is 6.33 Å². The zero-order chi connectivity index (χ0) is 26.2. The highest BCUT2D eigenvalue weighted by molar-refractivity contribution is 8.55. The summed E-state index contributed by atoms with van der Waals surface area (Å²) in [5.74, 6) is -0.160. The van der Waals surface area contributed by atoms with Crippen molar-refractivity contribution in [3.63, 3.8) is 0 Å². The quantitative estimate of drug-likeness (QED) is 0.239. The Morgan fingerprint density at radius 2 is 2.14 bits per heavy atom. The number of hydrogen-bond acceptors (Lipinski definition) is 12. The maximum Gasteiger partial charge on any atom is 0.392 e. The van der Waals surface area contributed by atoms with Crippen LogP contribution in [0.4, 0.5) is 5.82 Å². The molecule has 4 heterocycles. The Kier molecular flexibility index (Phi) is 7.53. The highest BCUT2D eigenvalue weighted by atomic mass is 32.7. The zero-order valence-corrected chi connectivity index (χ0v) is 22.0. The number of nitrogen functional groups attached to an aromatic ring is 1. The van der Waals surface area contributed by atoms with Gasteiger partial charge in [-0.2, -0.15) is 0 Å². The minimum atomic E-state index is -3.72. The van der Waals surface area contributed by atoms with Gasteiger partial charge < -0.3 is 20.3 Å². The summed E-state index contributed by atoms with van der Waals surface area (Å²) >= 11 is 0.763. The highest BCUT2D eigenvalue weighted by Gasteiger charge is 2.53. The summed E-state index contributed by atoms with van der Waals surface area (Å²) in [4.78, 5) is 25.1. The molecule has 3 aromatic rings. The monoisotopic (exact) mass is 549 g/mol. The lowest BCUT2D eigenvalue weighted by atomic mass is 10.1. The number of aliphatic hydroxyl groups is 1. The number of carbonyl (C=O) groups excluding carboxylic acids is 1. The number of nitrogens with zero attached hydrogens (tertiary/aromatic N) is 4. The molecule has 14 heteroatoms. The molecule has 1 aromatic carbocycles. The van der Waals surface area contributed by atoms with Crippen LogP contribution in [0.25, 0.3) is 22.6 Å². The van der Waals surface area contributed by atoms with E-state index >= 15 is 0 Å². The molecule has 2 saturated heterocycles. The van der Waals surface area contributed by atoms with Crippen molar-refractivity contribution in [1.82, 2.24) is 19.5 Å². The molecule has 0 bridgehead atoms. The van der Waals surface area contributed by atoms with Gasteiger partial charge in [0.2, 0.25) is 0 Å². The van der Waals surface area contributed by atoms with Crippen LogP contribution in [0.2, 0.25) is 0 Å². The molecule has 2 aliphatic rings. The fourth-order valence-corrected chi connectivity index (χ4v) is 7.22. The standard InChI is InChI=1S/C23H28N5O7PS/c1-3-7-13(2)23(30)32-12-37-36(31)33-10-15-18(35-36)17(29)22(34-15)28-20(14-8-5-4-6-9-14)27-16-19(24)25-11-26-21(16)28/h4-6,8-9,11,13,15,17-18,22,29H,3,7,10,12H2,1-2H3,(H2,24,25,26)/t13?,15?,17-,18-,22+,36-/m0/s1. The van der Waals surface area contributed by atoms with Gasteiger partial charge in [0, 0.05) is 16.9 Å². The van der Waals surface area contributed by atoms with Gasteiger partial charge in [0.05, 0.1) is 12.5 Å². The molecule has 37 heavy (non-hydrogen) atoms. The first-order valence-electron chi connectivity index (χ1n) is 11.9. The lowest BCUT2D eigenvalue weighted by molar-refractivity contribution is -0.145. The molecule has 5 rings (SSSR count). The molecular formula is C23H28N5O7PS. The number of esters is 1. The predicted molar refractivity (Wildman–Crippen MR) is 136 cm³/mol. The van der Waals surface area contributed by atoms with Crippen molar-refractivity contribution in [3.05, 3.63) is 36.7 Å². The van der Waals surface area contributed by atoms with Gasteiger partial charge in [0.1, 0.15) is 36.4 Å². The number of anilines is 1.